The Hall–Kier alpha value is -1.74. The molecule has 0 aliphatic heterocycles. The maximum Gasteiger partial charge on any atom is 0.170 e. The molecule has 0 bridgehead atoms. The number of hydrogen-bond acceptors (Lipinski definition) is 2. The molecule has 0 amide bonds. The summed E-state index contributed by atoms with van der Waals surface area (Å²) in [4.78, 5) is 0. The number of hydrogen-bond donors (Lipinski definition) is 0. The molecule has 16 heavy (non-hydrogen) atoms. The Morgan fingerprint density at radius 2 is 1.81 bits per heavy atom. The standard InChI is InChI=1S/C14H14O2/c1-3-8-14(15-11-4-2)16-12-13-9-6-5-7-10-13/h1-2,5-7,9-10,14H,8,11-12H2. The molecule has 0 aliphatic carbocycles. The summed E-state index contributed by atoms with van der Waals surface area (Å²) in [5.41, 5.74) is 1.08. The van der Waals surface area contributed by atoms with E-state index in [9.17, 15) is 0 Å². The van der Waals surface area contributed by atoms with E-state index >= 15 is 0 Å². The highest BCUT2D eigenvalue weighted by Crippen LogP contribution is 2.06. The van der Waals surface area contributed by atoms with Crippen LogP contribution in [-0.4, -0.2) is 12.9 Å². The second-order valence-electron chi connectivity index (χ2n) is 3.15. The summed E-state index contributed by atoms with van der Waals surface area (Å²) in [6.07, 6.45) is 10.3. The van der Waals surface area contributed by atoms with Gasteiger partial charge in [-0.15, -0.1) is 18.8 Å². The van der Waals surface area contributed by atoms with Crippen molar-refractivity contribution in [2.45, 2.75) is 19.3 Å². The second kappa shape index (κ2) is 7.54. The minimum Gasteiger partial charge on any atom is -0.347 e. The number of benzene rings is 1. The van der Waals surface area contributed by atoms with Crippen molar-refractivity contribution in [1.82, 2.24) is 0 Å². The van der Waals surface area contributed by atoms with E-state index in [-0.39, 0.29) is 6.61 Å². The molecule has 2 heteroatoms. The van der Waals surface area contributed by atoms with Crippen molar-refractivity contribution in [3.8, 4) is 24.7 Å². The third kappa shape index (κ3) is 4.66. The Morgan fingerprint density at radius 3 is 2.44 bits per heavy atom. The van der Waals surface area contributed by atoms with Crippen molar-refractivity contribution in [3.63, 3.8) is 0 Å². The van der Waals surface area contributed by atoms with Crippen LogP contribution >= 0.6 is 0 Å². The van der Waals surface area contributed by atoms with Crippen LogP contribution < -0.4 is 0 Å². The molecule has 0 fully saturated rings. The molecule has 0 saturated heterocycles. The van der Waals surface area contributed by atoms with Gasteiger partial charge in [-0.25, -0.2) is 0 Å². The summed E-state index contributed by atoms with van der Waals surface area (Å²) in [5, 5.41) is 0. The van der Waals surface area contributed by atoms with Gasteiger partial charge >= 0.3 is 0 Å². The Balaban J connectivity index is 2.38. The van der Waals surface area contributed by atoms with Gasteiger partial charge in [0.2, 0.25) is 0 Å². The average Bonchev–Trinajstić information content (AvgIpc) is 2.34. The molecule has 0 N–H and O–H groups in total. The lowest BCUT2D eigenvalue weighted by Gasteiger charge is -2.14. The average molecular weight is 214 g/mol. The van der Waals surface area contributed by atoms with Crippen molar-refractivity contribution < 1.29 is 9.47 Å². The van der Waals surface area contributed by atoms with Crippen LogP contribution in [0.2, 0.25) is 0 Å². The Bertz CT molecular complexity index is 370. The number of ether oxygens (including phenoxy) is 2. The van der Waals surface area contributed by atoms with E-state index in [1.54, 1.807) is 0 Å². The minimum absolute atomic E-state index is 0.209. The fraction of sp³-hybridized carbons (Fsp3) is 0.286. The molecule has 82 valence electrons. The SMILES string of the molecule is C#CCOC(CC#C)OCc1ccccc1. The highest BCUT2D eigenvalue weighted by Gasteiger charge is 2.07. The first kappa shape index (κ1) is 12.3. The van der Waals surface area contributed by atoms with Gasteiger partial charge in [0.05, 0.1) is 13.0 Å². The molecular weight excluding hydrogens is 200 g/mol. The number of terminal acetylenes is 2. The van der Waals surface area contributed by atoms with Crippen molar-refractivity contribution in [1.29, 1.82) is 0 Å². The topological polar surface area (TPSA) is 18.5 Å². The molecule has 0 radical (unpaired) electrons. The third-order valence-electron chi connectivity index (χ3n) is 1.92. The van der Waals surface area contributed by atoms with Crippen LogP contribution in [0.5, 0.6) is 0 Å². The summed E-state index contributed by atoms with van der Waals surface area (Å²) in [5.74, 6) is 4.88. The lowest BCUT2D eigenvalue weighted by atomic mass is 10.2. The number of rotatable bonds is 6. The van der Waals surface area contributed by atoms with E-state index in [4.69, 9.17) is 22.3 Å². The molecule has 0 spiro atoms. The molecule has 2 nitrogen and oxygen atoms in total. The summed E-state index contributed by atoms with van der Waals surface area (Å²) in [6.45, 7) is 0.679. The van der Waals surface area contributed by atoms with Crippen LogP contribution in [0.4, 0.5) is 0 Å². The van der Waals surface area contributed by atoms with Crippen LogP contribution in [0.25, 0.3) is 0 Å². The predicted molar refractivity (Wildman–Crippen MR) is 63.3 cm³/mol. The lowest BCUT2D eigenvalue weighted by molar-refractivity contribution is -0.137. The highest BCUT2D eigenvalue weighted by molar-refractivity contribution is 5.13. The molecule has 0 heterocycles. The van der Waals surface area contributed by atoms with E-state index in [1.807, 2.05) is 30.3 Å². The largest absolute Gasteiger partial charge is 0.347 e. The molecule has 0 aromatic heterocycles. The van der Waals surface area contributed by atoms with Gasteiger partial charge in [-0.2, -0.15) is 0 Å². The molecule has 1 unspecified atom stereocenters. The molecule has 1 aromatic rings. The van der Waals surface area contributed by atoms with Gasteiger partial charge < -0.3 is 9.47 Å². The van der Waals surface area contributed by atoms with Crippen LogP contribution in [-0.2, 0) is 16.1 Å². The first-order valence-corrected chi connectivity index (χ1v) is 5.01. The zero-order chi connectivity index (χ0) is 11.6. The van der Waals surface area contributed by atoms with E-state index in [0.29, 0.717) is 13.0 Å². The van der Waals surface area contributed by atoms with Crippen LogP contribution in [0.3, 0.4) is 0 Å². The zero-order valence-electron chi connectivity index (χ0n) is 9.06. The van der Waals surface area contributed by atoms with Gasteiger partial charge in [0.25, 0.3) is 0 Å². The summed E-state index contributed by atoms with van der Waals surface area (Å²) in [7, 11) is 0. The van der Waals surface area contributed by atoms with Gasteiger partial charge in [-0.1, -0.05) is 36.3 Å². The van der Waals surface area contributed by atoms with Crippen LogP contribution in [0.1, 0.15) is 12.0 Å². The van der Waals surface area contributed by atoms with E-state index in [2.05, 4.69) is 11.8 Å². The quantitative estimate of drug-likeness (QED) is 0.534. The maximum absolute atomic E-state index is 5.51. The van der Waals surface area contributed by atoms with Crippen LogP contribution in [0.15, 0.2) is 30.3 Å². The fourth-order valence-electron chi connectivity index (χ4n) is 1.17. The smallest absolute Gasteiger partial charge is 0.170 e. The second-order valence-corrected chi connectivity index (χ2v) is 3.15. The van der Waals surface area contributed by atoms with Crippen molar-refractivity contribution in [2.24, 2.45) is 0 Å². The monoisotopic (exact) mass is 214 g/mol. The summed E-state index contributed by atoms with van der Waals surface area (Å²) >= 11 is 0. The highest BCUT2D eigenvalue weighted by atomic mass is 16.7. The predicted octanol–water partition coefficient (Wildman–Crippen LogP) is 2.20. The molecule has 1 aromatic carbocycles. The normalized spacial score (nSPS) is 11.4. The lowest BCUT2D eigenvalue weighted by Crippen LogP contribution is -2.16. The van der Waals surface area contributed by atoms with E-state index in [0.717, 1.165) is 5.56 Å². The molecule has 1 rings (SSSR count). The van der Waals surface area contributed by atoms with Gasteiger partial charge in [-0.05, 0) is 5.56 Å². The van der Waals surface area contributed by atoms with E-state index < -0.39 is 6.29 Å². The van der Waals surface area contributed by atoms with Gasteiger partial charge in [0.1, 0.15) is 6.61 Å². The maximum atomic E-state index is 5.51. The molecule has 0 aliphatic rings. The summed E-state index contributed by atoms with van der Waals surface area (Å²) < 4.78 is 10.8. The minimum atomic E-state index is -0.429. The Morgan fingerprint density at radius 1 is 1.06 bits per heavy atom. The first-order valence-electron chi connectivity index (χ1n) is 5.01. The van der Waals surface area contributed by atoms with Crippen molar-refractivity contribution >= 4 is 0 Å². The van der Waals surface area contributed by atoms with Crippen molar-refractivity contribution in [2.75, 3.05) is 6.61 Å². The van der Waals surface area contributed by atoms with Crippen molar-refractivity contribution in [3.05, 3.63) is 35.9 Å². The molecule has 0 saturated carbocycles. The van der Waals surface area contributed by atoms with Gasteiger partial charge in [0, 0.05) is 0 Å². The first-order chi connectivity index (χ1) is 7.86. The molecular formula is C14H14O2. The van der Waals surface area contributed by atoms with Gasteiger partial charge in [0.15, 0.2) is 6.29 Å². The Labute approximate surface area is 96.6 Å². The summed E-state index contributed by atoms with van der Waals surface area (Å²) in [6, 6.07) is 9.83. The van der Waals surface area contributed by atoms with Gasteiger partial charge in [-0.3, -0.25) is 0 Å². The molecule has 1 atom stereocenters. The van der Waals surface area contributed by atoms with E-state index in [1.165, 1.54) is 0 Å². The fourth-order valence-corrected chi connectivity index (χ4v) is 1.17. The Kier molecular flexibility index (Phi) is 5.81. The van der Waals surface area contributed by atoms with Crippen LogP contribution in [0, 0.1) is 24.7 Å². The zero-order valence-corrected chi connectivity index (χ0v) is 9.06. The third-order valence-corrected chi connectivity index (χ3v) is 1.92.